The van der Waals surface area contributed by atoms with Gasteiger partial charge in [0.1, 0.15) is 5.82 Å². The van der Waals surface area contributed by atoms with E-state index in [1.165, 1.54) is 41.7 Å². The van der Waals surface area contributed by atoms with Gasteiger partial charge < -0.3 is 4.74 Å². The fourth-order valence-electron chi connectivity index (χ4n) is 2.35. The van der Waals surface area contributed by atoms with Gasteiger partial charge in [0.25, 0.3) is 5.91 Å². The lowest BCUT2D eigenvalue weighted by molar-refractivity contribution is -0.385. The molecule has 1 amide bonds. The molecule has 9 heteroatoms. The molecule has 0 bridgehead atoms. The summed E-state index contributed by atoms with van der Waals surface area (Å²) in [6.45, 7) is 1.45. The largest absolute Gasteiger partial charge is 0.477 e. The van der Waals surface area contributed by atoms with Crippen LogP contribution in [-0.4, -0.2) is 22.4 Å². The number of aryl methyl sites for hydroxylation is 1. The molecule has 3 aromatic rings. The van der Waals surface area contributed by atoms with Crippen molar-refractivity contribution in [1.29, 1.82) is 0 Å². The summed E-state index contributed by atoms with van der Waals surface area (Å²) in [6.07, 6.45) is 0. The van der Waals surface area contributed by atoms with Crippen LogP contribution in [-0.2, 0) is 4.79 Å². The molecule has 138 valence electrons. The van der Waals surface area contributed by atoms with Gasteiger partial charge in [0, 0.05) is 16.5 Å². The fourth-order valence-corrected chi connectivity index (χ4v) is 3.21. The molecular weight excluding hydrogens is 373 g/mol. The highest BCUT2D eigenvalue weighted by molar-refractivity contribution is 7.16. The average Bonchev–Trinajstić information content (AvgIpc) is 3.01. The van der Waals surface area contributed by atoms with Crippen LogP contribution in [0.4, 0.5) is 15.2 Å². The predicted molar refractivity (Wildman–Crippen MR) is 99.5 cm³/mol. The number of halogens is 1. The zero-order chi connectivity index (χ0) is 19.4. The molecule has 1 aromatic heterocycles. The van der Waals surface area contributed by atoms with Crippen molar-refractivity contribution < 1.29 is 18.8 Å². The number of nitro groups is 1. The van der Waals surface area contributed by atoms with Gasteiger partial charge in [-0.2, -0.15) is 0 Å². The molecule has 1 heterocycles. The summed E-state index contributed by atoms with van der Waals surface area (Å²) in [5.74, 6) is -0.820. The number of nitrogens with zero attached hydrogens (tertiary/aromatic N) is 2. The van der Waals surface area contributed by atoms with Crippen molar-refractivity contribution in [2.24, 2.45) is 0 Å². The number of carbonyl (C=O) groups is 1. The van der Waals surface area contributed by atoms with E-state index in [-0.39, 0.29) is 17.3 Å². The monoisotopic (exact) mass is 387 g/mol. The molecule has 0 fully saturated rings. The Bertz CT molecular complexity index is 989. The molecule has 2 aromatic carbocycles. The molecule has 0 unspecified atom stereocenters. The number of nitro benzene ring substituents is 1. The Kier molecular flexibility index (Phi) is 5.41. The van der Waals surface area contributed by atoms with Gasteiger partial charge in [-0.1, -0.05) is 12.1 Å². The van der Waals surface area contributed by atoms with E-state index < -0.39 is 17.4 Å². The topological polar surface area (TPSA) is 94.4 Å². The van der Waals surface area contributed by atoms with Crippen molar-refractivity contribution in [3.05, 3.63) is 69.3 Å². The summed E-state index contributed by atoms with van der Waals surface area (Å²) in [6, 6.07) is 11.7. The van der Waals surface area contributed by atoms with E-state index in [0.29, 0.717) is 10.8 Å². The number of hydrogen-bond donors (Lipinski definition) is 1. The van der Waals surface area contributed by atoms with Crippen LogP contribution in [0.1, 0.15) is 4.88 Å². The maximum Gasteiger partial charge on any atom is 0.310 e. The van der Waals surface area contributed by atoms with Gasteiger partial charge in [0.2, 0.25) is 0 Å². The number of ether oxygens (including phenoxy) is 1. The van der Waals surface area contributed by atoms with E-state index in [1.807, 2.05) is 6.92 Å². The standard InChI is InChI=1S/C18H14FN3O4S/c1-11-17(12-6-8-13(19)9-7-12)21-18(27-11)20-16(23)10-26-15-5-3-2-4-14(15)22(24)25/h2-9H,10H2,1H3,(H,20,21,23). The lowest BCUT2D eigenvalue weighted by Gasteiger charge is -2.06. The number of rotatable bonds is 6. The number of carbonyl (C=O) groups excluding carboxylic acids is 1. The number of hydrogen-bond acceptors (Lipinski definition) is 6. The van der Waals surface area contributed by atoms with Gasteiger partial charge in [-0.25, -0.2) is 9.37 Å². The van der Waals surface area contributed by atoms with Crippen molar-refractivity contribution in [2.45, 2.75) is 6.92 Å². The van der Waals surface area contributed by atoms with Crippen LogP contribution in [0.25, 0.3) is 11.3 Å². The Morgan fingerprint density at radius 3 is 2.67 bits per heavy atom. The molecule has 0 aliphatic rings. The van der Waals surface area contributed by atoms with Gasteiger partial charge in [-0.05, 0) is 37.3 Å². The Morgan fingerprint density at radius 2 is 1.96 bits per heavy atom. The van der Waals surface area contributed by atoms with Crippen molar-refractivity contribution in [3.8, 4) is 17.0 Å². The van der Waals surface area contributed by atoms with E-state index in [9.17, 15) is 19.3 Å². The second-order valence-corrected chi connectivity index (χ2v) is 6.70. The minimum Gasteiger partial charge on any atom is -0.477 e. The van der Waals surface area contributed by atoms with Crippen molar-refractivity contribution in [3.63, 3.8) is 0 Å². The summed E-state index contributed by atoms with van der Waals surface area (Å²) in [4.78, 5) is 27.7. The third kappa shape index (κ3) is 4.45. The normalized spacial score (nSPS) is 10.4. The highest BCUT2D eigenvalue weighted by atomic mass is 32.1. The molecule has 3 rings (SSSR count). The molecule has 0 atom stereocenters. The number of thiazole rings is 1. The van der Waals surface area contributed by atoms with E-state index in [0.717, 1.165) is 10.4 Å². The summed E-state index contributed by atoms with van der Waals surface area (Å²) in [5, 5.41) is 13.9. The van der Waals surface area contributed by atoms with E-state index in [1.54, 1.807) is 18.2 Å². The molecule has 0 aliphatic heterocycles. The first-order valence-electron chi connectivity index (χ1n) is 7.83. The van der Waals surface area contributed by atoms with Crippen LogP contribution in [0.15, 0.2) is 48.5 Å². The number of nitrogens with one attached hydrogen (secondary N) is 1. The Balaban J connectivity index is 1.66. The van der Waals surface area contributed by atoms with E-state index in [4.69, 9.17) is 4.74 Å². The van der Waals surface area contributed by atoms with Crippen LogP contribution >= 0.6 is 11.3 Å². The summed E-state index contributed by atoms with van der Waals surface area (Å²) >= 11 is 1.27. The minimum absolute atomic E-state index is 0.0139. The van der Waals surface area contributed by atoms with Gasteiger partial charge in [0.05, 0.1) is 10.6 Å². The van der Waals surface area contributed by atoms with Crippen LogP contribution < -0.4 is 10.1 Å². The zero-order valence-electron chi connectivity index (χ0n) is 14.1. The van der Waals surface area contributed by atoms with Crippen molar-refractivity contribution >= 4 is 28.1 Å². The molecule has 0 saturated heterocycles. The number of para-hydroxylation sites is 2. The van der Waals surface area contributed by atoms with Crippen molar-refractivity contribution in [1.82, 2.24) is 4.98 Å². The first kappa shape index (κ1) is 18.5. The van der Waals surface area contributed by atoms with Crippen LogP contribution in [0.5, 0.6) is 5.75 Å². The molecule has 0 aliphatic carbocycles. The summed E-state index contributed by atoms with van der Waals surface area (Å²) < 4.78 is 18.3. The lowest BCUT2D eigenvalue weighted by Crippen LogP contribution is -2.20. The molecule has 27 heavy (non-hydrogen) atoms. The molecular formula is C18H14FN3O4S. The van der Waals surface area contributed by atoms with Gasteiger partial charge in [-0.15, -0.1) is 11.3 Å². The third-order valence-electron chi connectivity index (χ3n) is 3.58. The third-order valence-corrected chi connectivity index (χ3v) is 4.47. The highest BCUT2D eigenvalue weighted by Crippen LogP contribution is 2.30. The zero-order valence-corrected chi connectivity index (χ0v) is 15.0. The Labute approximate surface area is 157 Å². The number of benzene rings is 2. The van der Waals surface area contributed by atoms with Gasteiger partial charge in [0.15, 0.2) is 17.5 Å². The number of aromatic nitrogens is 1. The lowest BCUT2D eigenvalue weighted by atomic mass is 10.1. The van der Waals surface area contributed by atoms with Gasteiger partial charge >= 0.3 is 5.69 Å². The van der Waals surface area contributed by atoms with Crippen LogP contribution in [0.3, 0.4) is 0 Å². The molecule has 0 radical (unpaired) electrons. The first-order valence-corrected chi connectivity index (χ1v) is 8.65. The first-order chi connectivity index (χ1) is 12.9. The molecule has 0 saturated carbocycles. The summed E-state index contributed by atoms with van der Waals surface area (Å²) in [5.41, 5.74) is 1.17. The second-order valence-electron chi connectivity index (χ2n) is 5.49. The maximum atomic E-state index is 13.1. The smallest absolute Gasteiger partial charge is 0.310 e. The highest BCUT2D eigenvalue weighted by Gasteiger charge is 2.16. The molecule has 7 nitrogen and oxygen atoms in total. The molecule has 0 spiro atoms. The van der Waals surface area contributed by atoms with Gasteiger partial charge in [-0.3, -0.25) is 20.2 Å². The van der Waals surface area contributed by atoms with E-state index in [2.05, 4.69) is 10.3 Å². The Hall–Kier alpha value is -3.33. The Morgan fingerprint density at radius 1 is 1.26 bits per heavy atom. The van der Waals surface area contributed by atoms with Crippen LogP contribution in [0, 0.1) is 22.9 Å². The number of amides is 1. The summed E-state index contributed by atoms with van der Waals surface area (Å²) in [7, 11) is 0. The maximum absolute atomic E-state index is 13.1. The average molecular weight is 387 g/mol. The predicted octanol–water partition coefficient (Wildman–Crippen LogP) is 4.18. The second kappa shape index (κ2) is 7.92. The van der Waals surface area contributed by atoms with Crippen molar-refractivity contribution in [2.75, 3.05) is 11.9 Å². The number of anilines is 1. The fraction of sp³-hybridized carbons (Fsp3) is 0.111. The molecule has 1 N–H and O–H groups in total. The van der Waals surface area contributed by atoms with E-state index >= 15 is 0 Å². The minimum atomic E-state index is -0.577. The SMILES string of the molecule is Cc1sc(NC(=O)COc2ccccc2[N+](=O)[O-])nc1-c1ccc(F)cc1. The quantitative estimate of drug-likeness (QED) is 0.506. The van der Waals surface area contributed by atoms with Crippen LogP contribution in [0.2, 0.25) is 0 Å².